The van der Waals surface area contributed by atoms with Gasteiger partial charge in [0.1, 0.15) is 0 Å². The van der Waals surface area contributed by atoms with Gasteiger partial charge in [-0.1, -0.05) is 0 Å². The zero-order valence-corrected chi connectivity index (χ0v) is 11.9. The third-order valence-electron chi connectivity index (χ3n) is 2.11. The van der Waals surface area contributed by atoms with Crippen LogP contribution in [0.5, 0.6) is 0 Å². The van der Waals surface area contributed by atoms with Crippen molar-refractivity contribution >= 4 is 19.4 Å². The maximum absolute atomic E-state index is 12.4. The third-order valence-corrected chi connectivity index (χ3v) is 5.33. The zero-order chi connectivity index (χ0) is 12.9. The minimum Gasteiger partial charge on any atom is -0.270 e. The van der Waals surface area contributed by atoms with E-state index in [2.05, 4.69) is 0 Å². The van der Waals surface area contributed by atoms with Gasteiger partial charge >= 0.3 is 0 Å². The van der Waals surface area contributed by atoms with E-state index in [4.69, 9.17) is 22.5 Å². The van der Waals surface area contributed by atoms with Crippen LogP contribution in [-0.4, -0.2) is 27.5 Å². The van der Waals surface area contributed by atoms with E-state index in [0.717, 1.165) is 4.19 Å². The lowest BCUT2D eigenvalue weighted by molar-refractivity contribution is 0.283. The standard InChI is InChI=1S/C9H20ClN4OP/c1-8(2)14(9(3)4)16(12,15)13(10)7-5-6-11/h8-9H,5,7H2,1-4H3,(H2,12,15). The molecule has 0 amide bonds. The molecule has 0 heterocycles. The average Bonchev–Trinajstić information content (AvgIpc) is 2.11. The number of hydrogen-bond acceptors (Lipinski definition) is 2. The predicted molar refractivity (Wildman–Crippen MR) is 66.7 cm³/mol. The second-order valence-corrected chi connectivity index (χ2v) is 6.89. The Morgan fingerprint density at radius 1 is 1.38 bits per heavy atom. The first kappa shape index (κ1) is 15.9. The first-order chi connectivity index (χ1) is 7.25. The number of halogens is 1. The van der Waals surface area contributed by atoms with E-state index >= 15 is 0 Å². The van der Waals surface area contributed by atoms with Crippen LogP contribution in [0.3, 0.4) is 0 Å². The highest BCUT2D eigenvalue weighted by molar-refractivity contribution is 7.57. The summed E-state index contributed by atoms with van der Waals surface area (Å²) in [6.07, 6.45) is 0.203. The molecular weight excluding hydrogens is 247 g/mol. The monoisotopic (exact) mass is 266 g/mol. The van der Waals surface area contributed by atoms with Crippen molar-refractivity contribution in [3.05, 3.63) is 0 Å². The lowest BCUT2D eigenvalue weighted by Gasteiger charge is -2.37. The fourth-order valence-electron chi connectivity index (χ4n) is 1.66. The second kappa shape index (κ2) is 6.58. The number of rotatable bonds is 6. The van der Waals surface area contributed by atoms with E-state index in [1.807, 2.05) is 33.8 Å². The molecule has 94 valence electrons. The van der Waals surface area contributed by atoms with Crippen LogP contribution in [0.15, 0.2) is 0 Å². The predicted octanol–water partition coefficient (Wildman–Crippen LogP) is 2.54. The van der Waals surface area contributed by atoms with Crippen molar-refractivity contribution in [2.75, 3.05) is 6.54 Å². The summed E-state index contributed by atoms with van der Waals surface area (Å²) in [5, 5.41) is 8.46. The van der Waals surface area contributed by atoms with Gasteiger partial charge in [-0.25, -0.2) is 4.67 Å². The number of nitriles is 1. The van der Waals surface area contributed by atoms with E-state index in [9.17, 15) is 4.57 Å². The average molecular weight is 267 g/mol. The summed E-state index contributed by atoms with van der Waals surface area (Å²) in [6, 6.07) is 2.00. The molecule has 0 radical (unpaired) electrons. The summed E-state index contributed by atoms with van der Waals surface area (Å²) < 4.78 is 15.1. The van der Waals surface area contributed by atoms with Crippen LogP contribution in [0.25, 0.3) is 0 Å². The molecule has 5 nitrogen and oxygen atoms in total. The van der Waals surface area contributed by atoms with Crippen molar-refractivity contribution in [1.82, 2.24) is 8.86 Å². The first-order valence-electron chi connectivity index (χ1n) is 5.23. The van der Waals surface area contributed by atoms with Crippen LogP contribution in [0, 0.1) is 11.3 Å². The quantitative estimate of drug-likeness (QED) is 0.591. The molecule has 0 spiro atoms. The SMILES string of the molecule is CC(C)N(C(C)C)P(N)(=O)N(Cl)CCC#N. The Balaban J connectivity index is 4.85. The molecule has 0 aromatic carbocycles. The summed E-state index contributed by atoms with van der Waals surface area (Å²) >= 11 is 5.89. The van der Waals surface area contributed by atoms with E-state index in [1.54, 1.807) is 4.67 Å². The summed E-state index contributed by atoms with van der Waals surface area (Å²) in [6.45, 7) is 7.84. The van der Waals surface area contributed by atoms with Gasteiger partial charge in [0.15, 0.2) is 0 Å². The van der Waals surface area contributed by atoms with Crippen LogP contribution >= 0.6 is 19.4 Å². The molecule has 0 aliphatic heterocycles. The van der Waals surface area contributed by atoms with Crippen molar-refractivity contribution in [2.45, 2.75) is 46.2 Å². The Morgan fingerprint density at radius 2 is 1.81 bits per heavy atom. The van der Waals surface area contributed by atoms with Crippen molar-refractivity contribution in [3.63, 3.8) is 0 Å². The second-order valence-electron chi connectivity index (χ2n) is 4.12. The van der Waals surface area contributed by atoms with Crippen molar-refractivity contribution < 1.29 is 4.57 Å². The van der Waals surface area contributed by atoms with Gasteiger partial charge in [-0.3, -0.25) is 10.1 Å². The van der Waals surface area contributed by atoms with Crippen molar-refractivity contribution in [3.8, 4) is 6.07 Å². The highest BCUT2D eigenvalue weighted by Crippen LogP contribution is 2.49. The molecule has 0 aliphatic carbocycles. The first-order valence-corrected chi connectivity index (χ1v) is 7.25. The molecule has 7 heteroatoms. The smallest absolute Gasteiger partial charge is 0.270 e. The Labute approximate surface area is 103 Å². The van der Waals surface area contributed by atoms with Gasteiger partial charge in [-0.05, 0) is 39.5 Å². The van der Waals surface area contributed by atoms with E-state index < -0.39 is 7.59 Å². The lowest BCUT2D eigenvalue weighted by atomic mass is 10.3. The third kappa shape index (κ3) is 4.04. The van der Waals surface area contributed by atoms with Gasteiger partial charge < -0.3 is 0 Å². The molecule has 0 saturated heterocycles. The molecule has 1 atom stereocenters. The highest BCUT2D eigenvalue weighted by Gasteiger charge is 2.35. The molecular formula is C9H20ClN4OP. The lowest BCUT2D eigenvalue weighted by Crippen LogP contribution is -2.40. The molecule has 0 fully saturated rings. The van der Waals surface area contributed by atoms with Gasteiger partial charge in [-0.2, -0.15) is 5.26 Å². The Morgan fingerprint density at radius 3 is 2.12 bits per heavy atom. The normalized spacial score (nSPS) is 15.8. The molecule has 0 aromatic rings. The Hall–Kier alpha value is -0.110. The largest absolute Gasteiger partial charge is 0.295 e. The topological polar surface area (TPSA) is 73.4 Å². The zero-order valence-electron chi connectivity index (χ0n) is 10.2. The molecule has 16 heavy (non-hydrogen) atoms. The number of hydrogen-bond donors (Lipinski definition) is 1. The Kier molecular flexibility index (Phi) is 6.54. The molecule has 0 aliphatic rings. The van der Waals surface area contributed by atoms with Gasteiger partial charge in [0.2, 0.25) is 0 Å². The summed E-state index contributed by atoms with van der Waals surface area (Å²) in [4.78, 5) is 0. The summed E-state index contributed by atoms with van der Waals surface area (Å²) in [5.41, 5.74) is 5.81. The van der Waals surface area contributed by atoms with Crippen LogP contribution < -0.4 is 5.50 Å². The van der Waals surface area contributed by atoms with Crippen LogP contribution in [0.1, 0.15) is 34.1 Å². The van der Waals surface area contributed by atoms with Gasteiger partial charge in [0.25, 0.3) is 7.59 Å². The van der Waals surface area contributed by atoms with E-state index in [1.165, 1.54) is 0 Å². The molecule has 0 aromatic heterocycles. The van der Waals surface area contributed by atoms with Crippen LogP contribution in [0.4, 0.5) is 0 Å². The van der Waals surface area contributed by atoms with E-state index in [-0.39, 0.29) is 25.0 Å². The minimum absolute atomic E-state index is 0.0270. The maximum atomic E-state index is 12.4. The van der Waals surface area contributed by atoms with Gasteiger partial charge in [-0.15, -0.1) is 4.19 Å². The molecule has 0 rings (SSSR count). The fourth-order valence-corrected chi connectivity index (χ4v) is 3.91. The summed E-state index contributed by atoms with van der Waals surface area (Å²) in [7, 11) is -3.25. The van der Waals surface area contributed by atoms with Crippen LogP contribution in [-0.2, 0) is 4.57 Å². The molecule has 0 bridgehead atoms. The van der Waals surface area contributed by atoms with Gasteiger partial charge in [0.05, 0.1) is 6.07 Å². The molecule has 1 unspecified atom stereocenters. The van der Waals surface area contributed by atoms with Crippen molar-refractivity contribution in [1.29, 1.82) is 5.26 Å². The maximum Gasteiger partial charge on any atom is 0.295 e. The summed E-state index contributed by atoms with van der Waals surface area (Å²) in [5.74, 6) is 0. The molecule has 2 N–H and O–H groups in total. The Bertz CT molecular complexity index is 294. The molecule has 0 saturated carbocycles. The minimum atomic E-state index is -3.25. The highest BCUT2D eigenvalue weighted by atomic mass is 35.5. The fraction of sp³-hybridized carbons (Fsp3) is 0.889. The van der Waals surface area contributed by atoms with E-state index in [0.29, 0.717) is 0 Å². The number of nitrogens with zero attached hydrogens (tertiary/aromatic N) is 3. The van der Waals surface area contributed by atoms with Crippen molar-refractivity contribution in [2.24, 2.45) is 5.50 Å². The van der Waals surface area contributed by atoms with Crippen LogP contribution in [0.2, 0.25) is 0 Å². The number of nitrogens with two attached hydrogens (primary N) is 1. The van der Waals surface area contributed by atoms with Gasteiger partial charge in [0, 0.05) is 25.0 Å².